The molecule has 0 bridgehead atoms. The van der Waals surface area contributed by atoms with Crippen LogP contribution in [-0.4, -0.2) is 49.0 Å². The minimum Gasteiger partial charge on any atom is -0.468 e. The first-order valence-corrected chi connectivity index (χ1v) is 6.99. The second-order valence-electron chi connectivity index (χ2n) is 4.98. The van der Waals surface area contributed by atoms with Gasteiger partial charge in [0.05, 0.1) is 19.8 Å². The number of carbonyl (C=O) groups excluding carboxylic acids is 4. The summed E-state index contributed by atoms with van der Waals surface area (Å²) in [6.07, 6.45) is 2.78. The van der Waals surface area contributed by atoms with Gasteiger partial charge >= 0.3 is 11.9 Å². The third-order valence-electron chi connectivity index (χ3n) is 3.48. The molecule has 130 valence electrons. The Hall–Kier alpha value is -2.97. The molecule has 2 amide bonds. The quantitative estimate of drug-likeness (QED) is 0.494. The molecule has 3 N–H and O–H groups in total. The summed E-state index contributed by atoms with van der Waals surface area (Å²) in [6.45, 7) is 1.41. The number of amides is 2. The van der Waals surface area contributed by atoms with Crippen LogP contribution in [0.1, 0.15) is 17.3 Å². The van der Waals surface area contributed by atoms with E-state index in [4.69, 9.17) is 5.73 Å². The zero-order chi connectivity index (χ0) is 18.3. The highest BCUT2D eigenvalue weighted by Crippen LogP contribution is 2.20. The number of hydrogen-bond acceptors (Lipinski definition) is 7. The molecule has 0 radical (unpaired) electrons. The highest BCUT2D eigenvalue weighted by Gasteiger charge is 2.41. The molecule has 1 aromatic rings. The fourth-order valence-corrected chi connectivity index (χ4v) is 2.16. The van der Waals surface area contributed by atoms with Crippen molar-refractivity contribution in [3.05, 3.63) is 30.1 Å². The van der Waals surface area contributed by atoms with E-state index in [1.54, 1.807) is 6.07 Å². The van der Waals surface area contributed by atoms with Crippen molar-refractivity contribution in [2.75, 3.05) is 14.2 Å². The first-order valence-electron chi connectivity index (χ1n) is 6.99. The van der Waals surface area contributed by atoms with E-state index in [-0.39, 0.29) is 5.56 Å². The van der Waals surface area contributed by atoms with Crippen LogP contribution in [0.15, 0.2) is 24.5 Å². The van der Waals surface area contributed by atoms with E-state index in [0.717, 1.165) is 14.2 Å². The maximum Gasteiger partial charge on any atom is 0.320 e. The number of nitrogens with zero attached hydrogens (tertiary/aromatic N) is 1. The lowest BCUT2D eigenvalue weighted by molar-refractivity contribution is -0.161. The van der Waals surface area contributed by atoms with Crippen molar-refractivity contribution in [1.82, 2.24) is 10.3 Å². The number of nitrogens with two attached hydrogens (primary N) is 1. The van der Waals surface area contributed by atoms with Crippen LogP contribution in [0, 0.1) is 11.8 Å². The number of aromatic nitrogens is 1. The highest BCUT2D eigenvalue weighted by molar-refractivity contribution is 5.99. The van der Waals surface area contributed by atoms with Crippen LogP contribution in [-0.2, 0) is 23.9 Å². The molecule has 1 rings (SSSR count). The van der Waals surface area contributed by atoms with Gasteiger partial charge in [-0.25, -0.2) is 0 Å². The van der Waals surface area contributed by atoms with Crippen molar-refractivity contribution < 1.29 is 28.7 Å². The molecule has 2 atom stereocenters. The van der Waals surface area contributed by atoms with Crippen molar-refractivity contribution in [1.29, 1.82) is 0 Å². The third kappa shape index (κ3) is 4.51. The van der Waals surface area contributed by atoms with Crippen molar-refractivity contribution in [3.63, 3.8) is 0 Å². The second-order valence-corrected chi connectivity index (χ2v) is 4.98. The third-order valence-corrected chi connectivity index (χ3v) is 3.48. The fraction of sp³-hybridized carbons (Fsp3) is 0.400. The predicted molar refractivity (Wildman–Crippen MR) is 81.4 cm³/mol. The Morgan fingerprint density at radius 1 is 1.17 bits per heavy atom. The predicted octanol–water partition coefficient (Wildman–Crippen LogP) is -0.736. The molecule has 0 saturated carbocycles. The SMILES string of the molecule is COC(=O)C(C(=O)OC)[C@@H](C)[C@@H](NC(=O)c1cccnc1)C(N)=O. The Morgan fingerprint density at radius 3 is 2.17 bits per heavy atom. The average molecular weight is 337 g/mol. The summed E-state index contributed by atoms with van der Waals surface area (Å²) in [4.78, 5) is 51.4. The van der Waals surface area contributed by atoms with Gasteiger partial charge < -0.3 is 20.5 Å². The summed E-state index contributed by atoms with van der Waals surface area (Å²) in [5.41, 5.74) is 5.51. The number of pyridine rings is 1. The van der Waals surface area contributed by atoms with Crippen LogP contribution in [0.3, 0.4) is 0 Å². The van der Waals surface area contributed by atoms with Gasteiger partial charge in [-0.15, -0.1) is 0 Å². The van der Waals surface area contributed by atoms with Gasteiger partial charge in [0.15, 0.2) is 5.92 Å². The van der Waals surface area contributed by atoms with Crippen molar-refractivity contribution >= 4 is 23.8 Å². The summed E-state index contributed by atoms with van der Waals surface area (Å²) < 4.78 is 9.12. The molecule has 9 heteroatoms. The van der Waals surface area contributed by atoms with E-state index in [1.807, 2.05) is 0 Å². The van der Waals surface area contributed by atoms with Crippen LogP contribution < -0.4 is 11.1 Å². The molecule has 0 aliphatic carbocycles. The van der Waals surface area contributed by atoms with Gasteiger partial charge in [-0.3, -0.25) is 24.2 Å². The molecule has 0 saturated heterocycles. The Kier molecular flexibility index (Phi) is 6.84. The standard InChI is InChI=1S/C15H19N3O6/c1-8(10(14(21)23-2)15(22)24-3)11(12(16)19)18-13(20)9-5-4-6-17-7-9/h4-8,10-11H,1-3H3,(H2,16,19)(H,18,20)/t8-,11-/m1/s1. The van der Waals surface area contributed by atoms with Gasteiger partial charge in [-0.05, 0) is 12.1 Å². The van der Waals surface area contributed by atoms with Gasteiger partial charge in [-0.2, -0.15) is 0 Å². The van der Waals surface area contributed by atoms with Crippen LogP contribution in [0.5, 0.6) is 0 Å². The van der Waals surface area contributed by atoms with Crippen LogP contribution in [0.2, 0.25) is 0 Å². The first kappa shape index (κ1) is 19.1. The summed E-state index contributed by atoms with van der Waals surface area (Å²) >= 11 is 0. The van der Waals surface area contributed by atoms with E-state index >= 15 is 0 Å². The Balaban J connectivity index is 3.04. The highest BCUT2D eigenvalue weighted by atomic mass is 16.5. The first-order chi connectivity index (χ1) is 11.3. The molecule has 24 heavy (non-hydrogen) atoms. The fourth-order valence-electron chi connectivity index (χ4n) is 2.16. The maximum atomic E-state index is 12.2. The van der Waals surface area contributed by atoms with Crippen molar-refractivity contribution in [3.8, 4) is 0 Å². The van der Waals surface area contributed by atoms with E-state index in [0.29, 0.717) is 0 Å². The van der Waals surface area contributed by atoms with Gasteiger partial charge in [0, 0.05) is 18.3 Å². The second kappa shape index (κ2) is 8.61. The van der Waals surface area contributed by atoms with Crippen LogP contribution >= 0.6 is 0 Å². The minimum atomic E-state index is -1.41. The Morgan fingerprint density at radius 2 is 1.75 bits per heavy atom. The average Bonchev–Trinajstić information content (AvgIpc) is 2.59. The monoisotopic (exact) mass is 337 g/mol. The van der Waals surface area contributed by atoms with Crippen molar-refractivity contribution in [2.24, 2.45) is 17.6 Å². The maximum absolute atomic E-state index is 12.2. The molecular formula is C15H19N3O6. The number of nitrogens with one attached hydrogen (secondary N) is 1. The number of carbonyl (C=O) groups is 4. The molecule has 0 spiro atoms. The number of methoxy groups -OCH3 is 2. The van der Waals surface area contributed by atoms with Crippen LogP contribution in [0.25, 0.3) is 0 Å². The lowest BCUT2D eigenvalue weighted by Gasteiger charge is -2.26. The van der Waals surface area contributed by atoms with Gasteiger partial charge in [0.2, 0.25) is 5.91 Å². The van der Waals surface area contributed by atoms with Gasteiger partial charge in [0.1, 0.15) is 6.04 Å². The zero-order valence-electron chi connectivity index (χ0n) is 13.5. The number of ether oxygens (including phenoxy) is 2. The zero-order valence-corrected chi connectivity index (χ0v) is 13.5. The van der Waals surface area contributed by atoms with E-state index in [1.165, 1.54) is 25.4 Å². The van der Waals surface area contributed by atoms with Gasteiger partial charge in [-0.1, -0.05) is 6.92 Å². The summed E-state index contributed by atoms with van der Waals surface area (Å²) in [7, 11) is 2.19. The molecule has 1 heterocycles. The lowest BCUT2D eigenvalue weighted by atomic mass is 9.86. The number of primary amides is 1. The number of esters is 2. The topological polar surface area (TPSA) is 138 Å². The molecule has 1 aromatic heterocycles. The largest absolute Gasteiger partial charge is 0.468 e. The normalized spacial score (nSPS) is 12.8. The van der Waals surface area contributed by atoms with Crippen LogP contribution in [0.4, 0.5) is 0 Å². The van der Waals surface area contributed by atoms with E-state index < -0.39 is 41.6 Å². The molecule has 9 nitrogen and oxygen atoms in total. The minimum absolute atomic E-state index is 0.198. The molecule has 0 aromatic carbocycles. The lowest BCUT2D eigenvalue weighted by Crippen LogP contribution is -2.52. The summed E-state index contributed by atoms with van der Waals surface area (Å²) in [5, 5.41) is 2.40. The molecule has 0 aliphatic heterocycles. The Labute approximate surface area is 138 Å². The van der Waals surface area contributed by atoms with E-state index in [9.17, 15) is 19.2 Å². The number of rotatable bonds is 7. The Bertz CT molecular complexity index is 603. The van der Waals surface area contributed by atoms with Crippen molar-refractivity contribution in [2.45, 2.75) is 13.0 Å². The van der Waals surface area contributed by atoms with Gasteiger partial charge in [0.25, 0.3) is 5.91 Å². The van der Waals surface area contributed by atoms with E-state index in [2.05, 4.69) is 19.8 Å². The molecular weight excluding hydrogens is 318 g/mol. The molecule has 0 unspecified atom stereocenters. The summed E-state index contributed by atoms with van der Waals surface area (Å²) in [5.74, 6) is -5.70. The smallest absolute Gasteiger partial charge is 0.320 e. The molecule has 0 aliphatic rings. The number of hydrogen-bond donors (Lipinski definition) is 2. The summed E-state index contributed by atoms with van der Waals surface area (Å²) in [6, 6.07) is 1.74. The molecule has 0 fully saturated rings.